The van der Waals surface area contributed by atoms with Gasteiger partial charge in [0.25, 0.3) is 11.5 Å². The molecule has 2 aromatic rings. The Kier molecular flexibility index (Phi) is 4.35. The van der Waals surface area contributed by atoms with Crippen molar-refractivity contribution in [1.29, 1.82) is 0 Å². The van der Waals surface area contributed by atoms with Crippen molar-refractivity contribution in [3.8, 4) is 0 Å². The number of aryl methyl sites for hydroxylation is 1. The molecule has 0 saturated carbocycles. The smallest absolute Gasteiger partial charge is 0.251 e. The van der Waals surface area contributed by atoms with Crippen molar-refractivity contribution in [2.45, 2.75) is 19.4 Å². The largest absolute Gasteiger partial charge is 0.349 e. The molecule has 0 spiro atoms. The van der Waals surface area contributed by atoms with Gasteiger partial charge in [0.1, 0.15) is 0 Å². The van der Waals surface area contributed by atoms with E-state index in [9.17, 15) is 9.59 Å². The monoisotopic (exact) mass is 270 g/mol. The molecule has 1 heterocycles. The third-order valence-corrected chi connectivity index (χ3v) is 3.13. The average molecular weight is 270 g/mol. The molecular formula is C16H18N2O2. The van der Waals surface area contributed by atoms with Crippen LogP contribution < -0.4 is 10.9 Å². The summed E-state index contributed by atoms with van der Waals surface area (Å²) >= 11 is 0. The maximum absolute atomic E-state index is 12.0. The number of nitrogens with one attached hydrogen (secondary N) is 1. The zero-order valence-corrected chi connectivity index (χ0v) is 11.7. The van der Waals surface area contributed by atoms with Crippen LogP contribution in [-0.2, 0) is 13.5 Å². The molecule has 1 unspecified atom stereocenters. The van der Waals surface area contributed by atoms with Gasteiger partial charge in [0.2, 0.25) is 0 Å². The molecule has 1 aromatic heterocycles. The molecule has 0 aliphatic carbocycles. The normalized spacial score (nSPS) is 11.9. The summed E-state index contributed by atoms with van der Waals surface area (Å²) in [5.41, 5.74) is 1.38. The lowest BCUT2D eigenvalue weighted by molar-refractivity contribution is 0.0940. The summed E-state index contributed by atoms with van der Waals surface area (Å²) in [7, 11) is 1.65. The highest BCUT2D eigenvalue weighted by atomic mass is 16.2. The molecule has 0 fully saturated rings. The first-order valence-electron chi connectivity index (χ1n) is 6.58. The zero-order chi connectivity index (χ0) is 14.5. The van der Waals surface area contributed by atoms with Crippen LogP contribution in [-0.4, -0.2) is 16.5 Å². The Bertz CT molecular complexity index is 647. The van der Waals surface area contributed by atoms with E-state index in [4.69, 9.17) is 0 Å². The molecule has 1 aromatic carbocycles. The minimum atomic E-state index is -0.217. The molecule has 1 atom stereocenters. The number of carbonyl (C=O) groups is 1. The van der Waals surface area contributed by atoms with E-state index in [2.05, 4.69) is 5.32 Å². The number of benzene rings is 1. The summed E-state index contributed by atoms with van der Waals surface area (Å²) < 4.78 is 1.43. The summed E-state index contributed by atoms with van der Waals surface area (Å²) in [5, 5.41) is 2.90. The van der Waals surface area contributed by atoms with Crippen LogP contribution >= 0.6 is 0 Å². The number of nitrogens with zero attached hydrogens (tertiary/aromatic N) is 1. The number of rotatable bonds is 4. The maximum atomic E-state index is 12.0. The second-order valence-corrected chi connectivity index (χ2v) is 4.93. The summed E-state index contributed by atoms with van der Waals surface area (Å²) in [6.07, 6.45) is 2.36. The average Bonchev–Trinajstić information content (AvgIpc) is 2.42. The Morgan fingerprint density at radius 1 is 1.25 bits per heavy atom. The van der Waals surface area contributed by atoms with Gasteiger partial charge in [-0.05, 0) is 25.0 Å². The Morgan fingerprint density at radius 3 is 2.60 bits per heavy atom. The predicted octanol–water partition coefficient (Wildman–Crippen LogP) is 1.75. The van der Waals surface area contributed by atoms with Gasteiger partial charge >= 0.3 is 0 Å². The van der Waals surface area contributed by atoms with E-state index in [1.54, 1.807) is 19.3 Å². The van der Waals surface area contributed by atoms with Crippen LogP contribution in [0.1, 0.15) is 22.8 Å². The molecule has 20 heavy (non-hydrogen) atoms. The minimum Gasteiger partial charge on any atom is -0.349 e. The molecule has 0 radical (unpaired) electrons. The standard InChI is InChI=1S/C16H18N2O2/c1-12(10-13-6-4-3-5-7-13)17-16(20)14-8-9-18(2)15(19)11-14/h3-9,11-12H,10H2,1-2H3,(H,17,20). The number of amides is 1. The van der Waals surface area contributed by atoms with E-state index in [0.29, 0.717) is 5.56 Å². The molecule has 0 bridgehead atoms. The molecule has 1 amide bonds. The van der Waals surface area contributed by atoms with Gasteiger partial charge in [0.05, 0.1) is 0 Å². The van der Waals surface area contributed by atoms with Gasteiger partial charge in [-0.3, -0.25) is 9.59 Å². The van der Waals surface area contributed by atoms with Crippen LogP contribution in [0.3, 0.4) is 0 Å². The van der Waals surface area contributed by atoms with E-state index in [1.807, 2.05) is 37.3 Å². The number of hydrogen-bond donors (Lipinski definition) is 1. The zero-order valence-electron chi connectivity index (χ0n) is 11.7. The summed E-state index contributed by atoms with van der Waals surface area (Å²) in [6, 6.07) is 13.0. The highest BCUT2D eigenvalue weighted by Gasteiger charge is 2.11. The lowest BCUT2D eigenvalue weighted by Gasteiger charge is -2.14. The molecule has 4 heteroatoms. The van der Waals surface area contributed by atoms with Gasteiger partial charge in [-0.25, -0.2) is 0 Å². The SMILES string of the molecule is CC(Cc1ccccc1)NC(=O)c1ccn(C)c(=O)c1. The number of pyridine rings is 1. The van der Waals surface area contributed by atoms with Gasteiger partial charge in [-0.2, -0.15) is 0 Å². The fourth-order valence-corrected chi connectivity index (χ4v) is 2.02. The fraction of sp³-hybridized carbons (Fsp3) is 0.250. The van der Waals surface area contributed by atoms with Crippen LogP contribution in [0.4, 0.5) is 0 Å². The lowest BCUT2D eigenvalue weighted by Crippen LogP contribution is -2.34. The van der Waals surface area contributed by atoms with Gasteiger partial charge in [0.15, 0.2) is 0 Å². The van der Waals surface area contributed by atoms with Crippen LogP contribution in [0.2, 0.25) is 0 Å². The van der Waals surface area contributed by atoms with Gasteiger partial charge in [0, 0.05) is 30.9 Å². The molecule has 0 aliphatic rings. The van der Waals surface area contributed by atoms with E-state index >= 15 is 0 Å². The van der Waals surface area contributed by atoms with Crippen molar-refractivity contribution < 1.29 is 4.79 Å². The van der Waals surface area contributed by atoms with Crippen molar-refractivity contribution >= 4 is 5.91 Å². The molecule has 0 aliphatic heterocycles. The lowest BCUT2D eigenvalue weighted by atomic mass is 10.1. The van der Waals surface area contributed by atoms with E-state index in [1.165, 1.54) is 16.2 Å². The van der Waals surface area contributed by atoms with E-state index < -0.39 is 0 Å². The second-order valence-electron chi connectivity index (χ2n) is 4.93. The quantitative estimate of drug-likeness (QED) is 0.920. The van der Waals surface area contributed by atoms with Crippen LogP contribution in [0.15, 0.2) is 53.5 Å². The number of hydrogen-bond acceptors (Lipinski definition) is 2. The van der Waals surface area contributed by atoms with Gasteiger partial charge in [-0.15, -0.1) is 0 Å². The first-order valence-corrected chi connectivity index (χ1v) is 6.58. The van der Waals surface area contributed by atoms with Gasteiger partial charge in [-0.1, -0.05) is 30.3 Å². The summed E-state index contributed by atoms with van der Waals surface area (Å²) in [6.45, 7) is 1.95. The van der Waals surface area contributed by atoms with Crippen molar-refractivity contribution in [3.63, 3.8) is 0 Å². The molecular weight excluding hydrogens is 252 g/mol. The molecule has 104 valence electrons. The van der Waals surface area contributed by atoms with Crippen molar-refractivity contribution in [2.75, 3.05) is 0 Å². The number of aromatic nitrogens is 1. The second kappa shape index (κ2) is 6.19. The third-order valence-electron chi connectivity index (χ3n) is 3.13. The van der Waals surface area contributed by atoms with Crippen LogP contribution in [0.25, 0.3) is 0 Å². The first kappa shape index (κ1) is 14.1. The highest BCUT2D eigenvalue weighted by Crippen LogP contribution is 2.04. The first-order chi connectivity index (χ1) is 9.56. The predicted molar refractivity (Wildman–Crippen MR) is 78.8 cm³/mol. The van der Waals surface area contributed by atoms with Crippen molar-refractivity contribution in [3.05, 3.63) is 70.1 Å². The van der Waals surface area contributed by atoms with Crippen LogP contribution in [0.5, 0.6) is 0 Å². The third kappa shape index (κ3) is 3.57. The Hall–Kier alpha value is -2.36. The maximum Gasteiger partial charge on any atom is 0.251 e. The summed E-state index contributed by atoms with van der Waals surface area (Å²) in [5.74, 6) is -0.217. The Morgan fingerprint density at radius 2 is 1.95 bits per heavy atom. The number of carbonyl (C=O) groups excluding carboxylic acids is 1. The highest BCUT2D eigenvalue weighted by molar-refractivity contribution is 5.94. The topological polar surface area (TPSA) is 51.1 Å². The minimum absolute atomic E-state index is 0.00829. The Labute approximate surface area is 118 Å². The Balaban J connectivity index is 2.00. The van der Waals surface area contributed by atoms with Crippen LogP contribution in [0, 0.1) is 0 Å². The van der Waals surface area contributed by atoms with E-state index in [0.717, 1.165) is 6.42 Å². The molecule has 2 rings (SSSR count). The van der Waals surface area contributed by atoms with Gasteiger partial charge < -0.3 is 9.88 Å². The molecule has 0 saturated heterocycles. The van der Waals surface area contributed by atoms with E-state index in [-0.39, 0.29) is 17.5 Å². The molecule has 1 N–H and O–H groups in total. The fourth-order valence-electron chi connectivity index (χ4n) is 2.02. The molecule has 4 nitrogen and oxygen atoms in total. The van der Waals surface area contributed by atoms with Crippen molar-refractivity contribution in [2.24, 2.45) is 7.05 Å². The van der Waals surface area contributed by atoms with Crippen molar-refractivity contribution in [1.82, 2.24) is 9.88 Å². The summed E-state index contributed by atoms with van der Waals surface area (Å²) in [4.78, 5) is 23.6.